The summed E-state index contributed by atoms with van der Waals surface area (Å²) in [6.07, 6.45) is 8.00. The molecule has 1 nitrogen and oxygen atoms in total. The SMILES string of the molecule is C#C.O.[H-].[H-].[Li+].[Li+]. The predicted molar refractivity (Wildman–Crippen MR) is 15.7 cm³/mol. The van der Waals surface area contributed by atoms with E-state index < -0.39 is 0 Å². The predicted octanol–water partition coefficient (Wildman–Crippen LogP) is -6.34. The van der Waals surface area contributed by atoms with Crippen molar-refractivity contribution in [2.24, 2.45) is 0 Å². The molecule has 0 aliphatic heterocycles. The van der Waals surface area contributed by atoms with Crippen LogP contribution in [-0.2, 0) is 0 Å². The third-order valence-corrected chi connectivity index (χ3v) is 0. The molecule has 5 heavy (non-hydrogen) atoms. The Morgan fingerprint density at radius 3 is 1.00 bits per heavy atom. The van der Waals surface area contributed by atoms with Crippen LogP contribution in [0.5, 0.6) is 0 Å². The van der Waals surface area contributed by atoms with Crippen molar-refractivity contribution in [1.29, 1.82) is 0 Å². The molecule has 0 spiro atoms. The Hall–Kier alpha value is 0.715. The summed E-state index contributed by atoms with van der Waals surface area (Å²) >= 11 is 0. The van der Waals surface area contributed by atoms with Crippen LogP contribution in [0.4, 0.5) is 0 Å². The Kier molecular flexibility index (Phi) is 1100. The molecule has 0 aliphatic rings. The van der Waals surface area contributed by atoms with Gasteiger partial charge in [-0.25, -0.2) is 0 Å². The van der Waals surface area contributed by atoms with Crippen LogP contribution in [0.2, 0.25) is 0 Å². The number of hydrogen-bond donors (Lipinski definition) is 0. The monoisotopic (exact) mass is 60.1 g/mol. The zero-order valence-electron chi connectivity index (χ0n) is 5.65. The second-order valence-electron chi connectivity index (χ2n) is 0. The Labute approximate surface area is 59.1 Å². The molecule has 0 amide bonds. The second kappa shape index (κ2) is 127. The summed E-state index contributed by atoms with van der Waals surface area (Å²) in [6.45, 7) is 0. The van der Waals surface area contributed by atoms with Gasteiger partial charge in [-0.1, -0.05) is 0 Å². The van der Waals surface area contributed by atoms with Gasteiger partial charge in [0.15, 0.2) is 0 Å². The molecule has 0 aromatic heterocycles. The van der Waals surface area contributed by atoms with E-state index in [-0.39, 0.29) is 46.1 Å². The van der Waals surface area contributed by atoms with Crippen molar-refractivity contribution < 1.29 is 46.1 Å². The fourth-order valence-electron chi connectivity index (χ4n) is 0. The van der Waals surface area contributed by atoms with Crippen molar-refractivity contribution in [3.05, 3.63) is 0 Å². The molecule has 3 heteroatoms. The summed E-state index contributed by atoms with van der Waals surface area (Å²) in [5.74, 6) is 0. The van der Waals surface area contributed by atoms with Gasteiger partial charge in [0, 0.05) is 0 Å². The molecule has 0 rings (SSSR count). The van der Waals surface area contributed by atoms with Crippen LogP contribution in [0.3, 0.4) is 0 Å². The number of hydrogen-bond acceptors (Lipinski definition) is 0. The van der Waals surface area contributed by atoms with Gasteiger partial charge in [-0.2, -0.15) is 0 Å². The molecule has 0 atom stereocenters. The Bertz CT molecular complexity index is 18.4. The average Bonchev–Trinajstić information content (AvgIpc) is 1.00. The molecule has 0 saturated carbocycles. The number of terminal acetylenes is 1. The van der Waals surface area contributed by atoms with E-state index in [0.717, 1.165) is 0 Å². The van der Waals surface area contributed by atoms with Gasteiger partial charge in [0.05, 0.1) is 0 Å². The van der Waals surface area contributed by atoms with Gasteiger partial charge in [0.25, 0.3) is 0 Å². The molecule has 0 fully saturated rings. The molecule has 0 aromatic rings. The number of rotatable bonds is 0. The molecule has 0 saturated heterocycles. The maximum Gasteiger partial charge on any atom is 1.00 e. The van der Waals surface area contributed by atoms with Crippen molar-refractivity contribution in [1.82, 2.24) is 0 Å². The average molecular weight is 60.0 g/mol. The molecule has 0 unspecified atom stereocenters. The third kappa shape index (κ3) is 68.0. The van der Waals surface area contributed by atoms with Crippen LogP contribution in [-0.4, -0.2) is 5.48 Å². The summed E-state index contributed by atoms with van der Waals surface area (Å²) in [7, 11) is 0. The van der Waals surface area contributed by atoms with Gasteiger partial charge >= 0.3 is 37.7 Å². The zero-order valence-corrected chi connectivity index (χ0v) is 3.65. The summed E-state index contributed by atoms with van der Waals surface area (Å²) in [6, 6.07) is 0. The Morgan fingerprint density at radius 1 is 1.00 bits per heavy atom. The molecule has 0 radical (unpaired) electrons. The van der Waals surface area contributed by atoms with E-state index in [1.54, 1.807) is 0 Å². The minimum atomic E-state index is 0. The van der Waals surface area contributed by atoms with Crippen LogP contribution >= 0.6 is 0 Å². The minimum absolute atomic E-state index is 0. The minimum Gasteiger partial charge on any atom is -1.00 e. The van der Waals surface area contributed by atoms with Crippen LogP contribution in [0, 0.1) is 12.8 Å². The summed E-state index contributed by atoms with van der Waals surface area (Å²) < 4.78 is 0. The maximum absolute atomic E-state index is 4.00. The van der Waals surface area contributed by atoms with Gasteiger partial charge in [0.1, 0.15) is 0 Å². The van der Waals surface area contributed by atoms with E-state index in [9.17, 15) is 0 Å². The van der Waals surface area contributed by atoms with Gasteiger partial charge in [0.2, 0.25) is 0 Å². The van der Waals surface area contributed by atoms with E-state index >= 15 is 0 Å². The first-order chi connectivity index (χ1) is 1.00. The smallest absolute Gasteiger partial charge is 1.00 e. The van der Waals surface area contributed by atoms with E-state index in [4.69, 9.17) is 0 Å². The summed E-state index contributed by atoms with van der Waals surface area (Å²) in [4.78, 5) is 0. The normalized spacial score (nSPS) is 0.400. The first kappa shape index (κ1) is 43.2. The van der Waals surface area contributed by atoms with Crippen molar-refractivity contribution in [3.8, 4) is 12.8 Å². The second-order valence-corrected chi connectivity index (χ2v) is 0. The van der Waals surface area contributed by atoms with Gasteiger partial charge < -0.3 is 8.33 Å². The Balaban J connectivity index is -0.000000000500. The molecule has 22 valence electrons. The van der Waals surface area contributed by atoms with Gasteiger partial charge in [-0.3, -0.25) is 0 Å². The molecule has 0 aliphatic carbocycles. The van der Waals surface area contributed by atoms with E-state index in [1.807, 2.05) is 0 Å². The quantitative estimate of drug-likeness (QED) is 0.197. The van der Waals surface area contributed by atoms with Crippen molar-refractivity contribution in [2.45, 2.75) is 0 Å². The fraction of sp³-hybridized carbons (Fsp3) is 0. The largest absolute Gasteiger partial charge is 1.00 e. The molecule has 2 N–H and O–H groups in total. The zero-order chi connectivity index (χ0) is 2.00. The summed E-state index contributed by atoms with van der Waals surface area (Å²) in [5, 5.41) is 0. The van der Waals surface area contributed by atoms with Crippen LogP contribution in [0.1, 0.15) is 2.85 Å². The molecule has 0 bridgehead atoms. The summed E-state index contributed by atoms with van der Waals surface area (Å²) in [5.41, 5.74) is 0. The first-order valence-corrected chi connectivity index (χ1v) is 0.333. The van der Waals surface area contributed by atoms with E-state index in [1.165, 1.54) is 0 Å². The standard InChI is InChI=1S/C2H2.2Li.H2O.2H/c1-2;;;;;/h1-2H;;;1H2;;/q;2*+1;;2*-1. The third-order valence-electron chi connectivity index (χ3n) is 0. The van der Waals surface area contributed by atoms with Gasteiger partial charge in [-0.15, -0.1) is 12.8 Å². The molecular formula is C2H6Li2O. The molecular weight excluding hydrogens is 53.9 g/mol. The van der Waals surface area contributed by atoms with E-state index in [2.05, 4.69) is 12.8 Å². The first-order valence-electron chi connectivity index (χ1n) is 0.333. The topological polar surface area (TPSA) is 31.5 Å². The van der Waals surface area contributed by atoms with Crippen molar-refractivity contribution in [2.75, 3.05) is 0 Å². The van der Waals surface area contributed by atoms with Gasteiger partial charge in [-0.05, 0) is 0 Å². The van der Waals surface area contributed by atoms with Crippen LogP contribution in [0.25, 0.3) is 0 Å². The van der Waals surface area contributed by atoms with Crippen molar-refractivity contribution in [3.63, 3.8) is 0 Å². The molecule has 0 heterocycles. The van der Waals surface area contributed by atoms with Crippen molar-refractivity contribution >= 4 is 0 Å². The van der Waals surface area contributed by atoms with Crippen LogP contribution in [0.15, 0.2) is 0 Å². The fourth-order valence-corrected chi connectivity index (χ4v) is 0. The van der Waals surface area contributed by atoms with Crippen LogP contribution < -0.4 is 37.7 Å². The Morgan fingerprint density at radius 2 is 1.00 bits per heavy atom. The molecule has 0 aromatic carbocycles. The van der Waals surface area contributed by atoms with E-state index in [0.29, 0.717) is 0 Å². The maximum atomic E-state index is 4.00.